The third kappa shape index (κ3) is 4.16. The number of nitrogens with zero attached hydrogens (tertiary/aromatic N) is 5. The molecule has 4 aromatic rings. The number of methoxy groups -OCH3 is 1. The molecule has 1 amide bonds. The molecular formula is C19H18N6O3S. The van der Waals surface area contributed by atoms with E-state index in [2.05, 4.69) is 25.6 Å². The first-order valence-electron chi connectivity index (χ1n) is 8.84. The van der Waals surface area contributed by atoms with Gasteiger partial charge in [0.1, 0.15) is 18.1 Å². The van der Waals surface area contributed by atoms with Crippen LogP contribution in [0, 0.1) is 6.92 Å². The molecule has 29 heavy (non-hydrogen) atoms. The van der Waals surface area contributed by atoms with E-state index in [-0.39, 0.29) is 12.5 Å². The fourth-order valence-corrected chi connectivity index (χ4v) is 3.24. The monoisotopic (exact) mass is 410 g/mol. The largest absolute Gasteiger partial charge is 0.497 e. The lowest BCUT2D eigenvalue weighted by atomic mass is 10.2. The second kappa shape index (κ2) is 8.23. The normalized spacial score (nSPS) is 10.8. The maximum absolute atomic E-state index is 12.0. The van der Waals surface area contributed by atoms with Gasteiger partial charge in [0.05, 0.1) is 18.7 Å². The summed E-state index contributed by atoms with van der Waals surface area (Å²) < 4.78 is 12.5. The fourth-order valence-electron chi connectivity index (χ4n) is 2.65. The standard InChI is InChI=1S/C19H18N6O3S/c1-12-21-15(11-29-12)19(26)20-9-10-28-17-8-7-16-22-23-18(25(16)24-17)13-3-5-14(27-2)6-4-13/h3-8,11H,9-10H2,1-2H3,(H,20,26). The minimum absolute atomic E-state index is 0.220. The van der Waals surface area contributed by atoms with Gasteiger partial charge in [-0.2, -0.15) is 4.52 Å². The molecule has 0 spiro atoms. The number of fused-ring (bicyclic) bond motifs is 1. The van der Waals surface area contributed by atoms with Crippen molar-refractivity contribution in [2.24, 2.45) is 0 Å². The van der Waals surface area contributed by atoms with E-state index in [1.165, 1.54) is 11.3 Å². The molecule has 0 unspecified atom stereocenters. The number of nitrogens with one attached hydrogen (secondary N) is 1. The van der Waals surface area contributed by atoms with E-state index in [1.807, 2.05) is 31.2 Å². The molecule has 0 aliphatic heterocycles. The minimum Gasteiger partial charge on any atom is -0.497 e. The van der Waals surface area contributed by atoms with Crippen molar-refractivity contribution in [2.75, 3.05) is 20.3 Å². The number of hydrogen-bond acceptors (Lipinski definition) is 8. The summed E-state index contributed by atoms with van der Waals surface area (Å²) in [5.41, 5.74) is 1.88. The highest BCUT2D eigenvalue weighted by atomic mass is 32.1. The Morgan fingerprint density at radius 1 is 1.17 bits per heavy atom. The number of amides is 1. The van der Waals surface area contributed by atoms with E-state index in [0.29, 0.717) is 29.6 Å². The van der Waals surface area contributed by atoms with Crippen LogP contribution in [-0.4, -0.2) is 51.0 Å². The summed E-state index contributed by atoms with van der Waals surface area (Å²) in [7, 11) is 1.62. The molecule has 1 N–H and O–H groups in total. The summed E-state index contributed by atoms with van der Waals surface area (Å²) in [5, 5.41) is 18.1. The molecule has 10 heteroatoms. The molecule has 148 valence electrons. The van der Waals surface area contributed by atoms with Crippen molar-refractivity contribution in [3.63, 3.8) is 0 Å². The maximum atomic E-state index is 12.0. The Kier molecular flexibility index (Phi) is 5.34. The molecular weight excluding hydrogens is 392 g/mol. The summed E-state index contributed by atoms with van der Waals surface area (Å²) in [6.07, 6.45) is 0. The third-order valence-corrected chi connectivity index (χ3v) is 4.85. The number of carbonyl (C=O) groups is 1. The van der Waals surface area contributed by atoms with Crippen molar-refractivity contribution in [1.82, 2.24) is 30.1 Å². The molecule has 0 saturated carbocycles. The van der Waals surface area contributed by atoms with Gasteiger partial charge < -0.3 is 14.8 Å². The van der Waals surface area contributed by atoms with E-state index >= 15 is 0 Å². The van der Waals surface area contributed by atoms with Gasteiger partial charge >= 0.3 is 0 Å². The number of carbonyl (C=O) groups excluding carboxylic acids is 1. The maximum Gasteiger partial charge on any atom is 0.270 e. The van der Waals surface area contributed by atoms with Crippen molar-refractivity contribution in [2.45, 2.75) is 6.92 Å². The Hall–Kier alpha value is -3.53. The van der Waals surface area contributed by atoms with E-state index in [0.717, 1.165) is 16.3 Å². The molecule has 0 aliphatic rings. The number of ether oxygens (including phenoxy) is 2. The molecule has 3 heterocycles. The van der Waals surface area contributed by atoms with Gasteiger partial charge in [-0.3, -0.25) is 4.79 Å². The van der Waals surface area contributed by atoms with Crippen LogP contribution in [0.2, 0.25) is 0 Å². The van der Waals surface area contributed by atoms with Gasteiger partial charge in [0.2, 0.25) is 5.88 Å². The van der Waals surface area contributed by atoms with Crippen molar-refractivity contribution in [1.29, 1.82) is 0 Å². The van der Waals surface area contributed by atoms with Crippen LogP contribution in [0.3, 0.4) is 0 Å². The zero-order chi connectivity index (χ0) is 20.2. The molecule has 0 saturated heterocycles. The first kappa shape index (κ1) is 18.8. The quantitative estimate of drug-likeness (QED) is 0.467. The Balaban J connectivity index is 1.41. The second-order valence-corrected chi connectivity index (χ2v) is 7.11. The average Bonchev–Trinajstić information content (AvgIpc) is 3.37. The van der Waals surface area contributed by atoms with Gasteiger partial charge in [0.25, 0.3) is 5.91 Å². The van der Waals surface area contributed by atoms with Gasteiger partial charge in [-0.15, -0.1) is 26.6 Å². The molecule has 1 aromatic carbocycles. The minimum atomic E-state index is -0.220. The average molecular weight is 410 g/mol. The summed E-state index contributed by atoms with van der Waals surface area (Å²) in [4.78, 5) is 16.1. The zero-order valence-electron chi connectivity index (χ0n) is 15.8. The highest BCUT2D eigenvalue weighted by molar-refractivity contribution is 7.09. The summed E-state index contributed by atoms with van der Waals surface area (Å²) in [6.45, 7) is 2.47. The van der Waals surface area contributed by atoms with Crippen LogP contribution in [0.15, 0.2) is 41.8 Å². The first-order chi connectivity index (χ1) is 14.1. The summed E-state index contributed by atoms with van der Waals surface area (Å²) >= 11 is 1.44. The van der Waals surface area contributed by atoms with Crippen LogP contribution in [-0.2, 0) is 0 Å². The lowest BCUT2D eigenvalue weighted by Gasteiger charge is -2.07. The van der Waals surface area contributed by atoms with Crippen molar-refractivity contribution < 1.29 is 14.3 Å². The molecule has 0 bridgehead atoms. The molecule has 0 radical (unpaired) electrons. The molecule has 0 atom stereocenters. The van der Waals surface area contributed by atoms with Crippen molar-refractivity contribution in [3.8, 4) is 23.0 Å². The predicted molar refractivity (Wildman–Crippen MR) is 107 cm³/mol. The van der Waals surface area contributed by atoms with E-state index in [1.54, 1.807) is 29.1 Å². The van der Waals surface area contributed by atoms with Gasteiger partial charge in [-0.1, -0.05) is 0 Å². The van der Waals surface area contributed by atoms with Gasteiger partial charge in [-0.05, 0) is 37.3 Å². The highest BCUT2D eigenvalue weighted by Crippen LogP contribution is 2.21. The smallest absolute Gasteiger partial charge is 0.270 e. The van der Waals surface area contributed by atoms with Crippen LogP contribution >= 0.6 is 11.3 Å². The second-order valence-electron chi connectivity index (χ2n) is 6.05. The van der Waals surface area contributed by atoms with E-state index in [9.17, 15) is 4.79 Å². The van der Waals surface area contributed by atoms with Gasteiger partial charge in [-0.25, -0.2) is 4.98 Å². The van der Waals surface area contributed by atoms with Crippen LogP contribution in [0.5, 0.6) is 11.6 Å². The van der Waals surface area contributed by atoms with Gasteiger partial charge in [0.15, 0.2) is 11.5 Å². The number of hydrogen-bond donors (Lipinski definition) is 1. The fraction of sp³-hybridized carbons (Fsp3) is 0.211. The lowest BCUT2D eigenvalue weighted by molar-refractivity contribution is 0.0942. The number of rotatable bonds is 7. The first-order valence-corrected chi connectivity index (χ1v) is 9.72. The third-order valence-electron chi connectivity index (χ3n) is 4.08. The Morgan fingerprint density at radius 2 is 2.00 bits per heavy atom. The van der Waals surface area contributed by atoms with E-state index in [4.69, 9.17) is 9.47 Å². The molecule has 9 nitrogen and oxygen atoms in total. The van der Waals surface area contributed by atoms with Crippen molar-refractivity contribution >= 4 is 22.9 Å². The topological polar surface area (TPSA) is 104 Å². The number of aromatic nitrogens is 5. The van der Waals surface area contributed by atoms with E-state index < -0.39 is 0 Å². The van der Waals surface area contributed by atoms with Crippen molar-refractivity contribution in [3.05, 3.63) is 52.5 Å². The van der Waals surface area contributed by atoms with Crippen LogP contribution in [0.1, 0.15) is 15.5 Å². The lowest BCUT2D eigenvalue weighted by Crippen LogP contribution is -2.28. The number of thiazole rings is 1. The Bertz CT molecular complexity index is 1140. The summed E-state index contributed by atoms with van der Waals surface area (Å²) in [5.74, 6) is 1.54. The SMILES string of the molecule is COc1ccc(-c2nnc3ccc(OCCNC(=O)c4csc(C)n4)nn23)cc1. The number of benzene rings is 1. The van der Waals surface area contributed by atoms with Crippen LogP contribution < -0.4 is 14.8 Å². The highest BCUT2D eigenvalue weighted by Gasteiger charge is 2.11. The zero-order valence-corrected chi connectivity index (χ0v) is 16.6. The Morgan fingerprint density at radius 3 is 2.72 bits per heavy atom. The number of aryl methyl sites for hydroxylation is 1. The predicted octanol–water partition coefficient (Wildman–Crippen LogP) is 2.37. The molecule has 0 fully saturated rings. The van der Waals surface area contributed by atoms with Crippen LogP contribution in [0.25, 0.3) is 17.0 Å². The Labute approximate surface area is 170 Å². The summed E-state index contributed by atoms with van der Waals surface area (Å²) in [6, 6.07) is 11.0. The molecule has 3 aromatic heterocycles. The molecule has 0 aliphatic carbocycles. The van der Waals surface area contributed by atoms with Crippen LogP contribution in [0.4, 0.5) is 0 Å². The van der Waals surface area contributed by atoms with Gasteiger partial charge in [0, 0.05) is 17.0 Å². The molecule has 4 rings (SSSR count).